The second-order valence-corrected chi connectivity index (χ2v) is 4.92. The summed E-state index contributed by atoms with van der Waals surface area (Å²) in [5, 5.41) is 8.83. The Morgan fingerprint density at radius 3 is 2.95 bits per heavy atom. The minimum absolute atomic E-state index is 0.214. The number of nitrogens with zero attached hydrogens (tertiary/aromatic N) is 3. The Kier molecular flexibility index (Phi) is 3.03. The van der Waals surface area contributed by atoms with Crippen LogP contribution < -0.4 is 4.90 Å². The lowest BCUT2D eigenvalue weighted by Gasteiger charge is -2.17. The van der Waals surface area contributed by atoms with Gasteiger partial charge in [-0.05, 0) is 24.5 Å². The maximum absolute atomic E-state index is 10.7. The fraction of sp³-hybridized carbons (Fsp3) is 0.357. The molecule has 0 spiro atoms. The van der Waals surface area contributed by atoms with Crippen LogP contribution >= 0.6 is 0 Å². The van der Waals surface area contributed by atoms with E-state index >= 15 is 0 Å². The Morgan fingerprint density at radius 2 is 2.16 bits per heavy atom. The van der Waals surface area contributed by atoms with Crippen LogP contribution in [0.1, 0.15) is 12.8 Å². The average molecular weight is 257 g/mol. The van der Waals surface area contributed by atoms with Gasteiger partial charge in [-0.1, -0.05) is 12.1 Å². The van der Waals surface area contributed by atoms with Crippen molar-refractivity contribution in [1.82, 2.24) is 9.97 Å². The molecule has 98 valence electrons. The van der Waals surface area contributed by atoms with Crippen molar-refractivity contribution in [2.45, 2.75) is 12.8 Å². The highest BCUT2D eigenvalue weighted by Gasteiger charge is 2.25. The van der Waals surface area contributed by atoms with Gasteiger partial charge in [0.2, 0.25) is 0 Å². The van der Waals surface area contributed by atoms with Gasteiger partial charge in [-0.25, -0.2) is 4.98 Å². The zero-order chi connectivity index (χ0) is 13.2. The third kappa shape index (κ3) is 2.50. The molecule has 1 N–H and O–H groups in total. The Morgan fingerprint density at radius 1 is 1.37 bits per heavy atom. The summed E-state index contributed by atoms with van der Waals surface area (Å²) in [6, 6.07) is 7.76. The molecule has 0 radical (unpaired) electrons. The third-order valence-electron chi connectivity index (χ3n) is 3.51. The second kappa shape index (κ2) is 4.84. The molecule has 1 atom stereocenters. The first-order chi connectivity index (χ1) is 9.22. The van der Waals surface area contributed by atoms with Gasteiger partial charge >= 0.3 is 5.97 Å². The minimum atomic E-state index is -0.726. The lowest BCUT2D eigenvalue weighted by atomic mass is 10.1. The maximum atomic E-state index is 10.7. The van der Waals surface area contributed by atoms with Gasteiger partial charge in [-0.3, -0.25) is 9.78 Å². The van der Waals surface area contributed by atoms with E-state index in [-0.39, 0.29) is 12.3 Å². The predicted molar refractivity (Wildman–Crippen MR) is 72.1 cm³/mol. The molecule has 19 heavy (non-hydrogen) atoms. The molecular weight excluding hydrogens is 242 g/mol. The molecule has 1 fully saturated rings. The lowest BCUT2D eigenvalue weighted by Crippen LogP contribution is -2.21. The molecule has 2 heterocycles. The number of carboxylic acid groups (broad SMARTS) is 1. The number of aliphatic carboxylic acids is 1. The summed E-state index contributed by atoms with van der Waals surface area (Å²) in [4.78, 5) is 21.8. The van der Waals surface area contributed by atoms with Gasteiger partial charge < -0.3 is 10.0 Å². The van der Waals surface area contributed by atoms with Gasteiger partial charge in [0.1, 0.15) is 5.82 Å². The second-order valence-electron chi connectivity index (χ2n) is 4.92. The molecule has 0 bridgehead atoms. The van der Waals surface area contributed by atoms with E-state index < -0.39 is 5.97 Å². The number of carboxylic acids is 1. The molecule has 0 aliphatic carbocycles. The summed E-state index contributed by atoms with van der Waals surface area (Å²) in [6.45, 7) is 1.60. The standard InChI is InChI=1S/C14H15N3O2/c18-14(19)7-10-5-6-17(9-10)13-8-15-11-3-1-2-4-12(11)16-13/h1-4,8,10H,5-7,9H2,(H,18,19). The van der Waals surface area contributed by atoms with Crippen molar-refractivity contribution in [2.24, 2.45) is 5.92 Å². The lowest BCUT2D eigenvalue weighted by molar-refractivity contribution is -0.137. The minimum Gasteiger partial charge on any atom is -0.481 e. The molecule has 0 saturated carbocycles. The smallest absolute Gasteiger partial charge is 0.303 e. The Bertz CT molecular complexity index is 614. The molecular formula is C14H15N3O2. The fourth-order valence-electron chi connectivity index (χ4n) is 2.55. The molecule has 1 aliphatic heterocycles. The first kappa shape index (κ1) is 11.9. The molecule has 5 heteroatoms. The molecule has 5 nitrogen and oxygen atoms in total. The molecule has 1 unspecified atom stereocenters. The van der Waals surface area contributed by atoms with Gasteiger partial charge in [0, 0.05) is 19.5 Å². The highest BCUT2D eigenvalue weighted by atomic mass is 16.4. The highest BCUT2D eigenvalue weighted by molar-refractivity contribution is 5.75. The van der Waals surface area contributed by atoms with E-state index in [9.17, 15) is 4.79 Å². The van der Waals surface area contributed by atoms with Crippen molar-refractivity contribution in [2.75, 3.05) is 18.0 Å². The van der Waals surface area contributed by atoms with Crippen molar-refractivity contribution in [1.29, 1.82) is 0 Å². The van der Waals surface area contributed by atoms with Crippen molar-refractivity contribution in [3.8, 4) is 0 Å². The maximum Gasteiger partial charge on any atom is 0.303 e. The Hall–Kier alpha value is -2.17. The van der Waals surface area contributed by atoms with Crippen LogP contribution in [0.4, 0.5) is 5.82 Å². The number of benzene rings is 1. The molecule has 0 amide bonds. The Balaban J connectivity index is 1.79. The number of rotatable bonds is 3. The molecule has 2 aromatic rings. The van der Waals surface area contributed by atoms with Crippen molar-refractivity contribution in [3.05, 3.63) is 30.5 Å². The first-order valence-corrected chi connectivity index (χ1v) is 6.41. The van der Waals surface area contributed by atoms with Crippen molar-refractivity contribution in [3.63, 3.8) is 0 Å². The summed E-state index contributed by atoms with van der Waals surface area (Å²) in [7, 11) is 0. The van der Waals surface area contributed by atoms with Gasteiger partial charge in [0.25, 0.3) is 0 Å². The number of para-hydroxylation sites is 2. The van der Waals surface area contributed by atoms with Gasteiger partial charge in [0.15, 0.2) is 0 Å². The number of hydrogen-bond acceptors (Lipinski definition) is 4. The summed E-state index contributed by atoms with van der Waals surface area (Å²) in [5.74, 6) is 0.328. The topological polar surface area (TPSA) is 66.3 Å². The molecule has 3 rings (SSSR count). The third-order valence-corrected chi connectivity index (χ3v) is 3.51. The van der Waals surface area contributed by atoms with Crippen LogP contribution in [-0.2, 0) is 4.79 Å². The molecule has 1 saturated heterocycles. The zero-order valence-corrected chi connectivity index (χ0v) is 10.5. The van der Waals surface area contributed by atoms with E-state index in [2.05, 4.69) is 14.9 Å². The normalized spacial score (nSPS) is 18.9. The van der Waals surface area contributed by atoms with Crippen LogP contribution in [0.25, 0.3) is 11.0 Å². The molecule has 1 aromatic heterocycles. The largest absolute Gasteiger partial charge is 0.481 e. The summed E-state index contributed by atoms with van der Waals surface area (Å²) < 4.78 is 0. The van der Waals surface area contributed by atoms with E-state index in [4.69, 9.17) is 5.11 Å². The Labute approximate surface area is 110 Å². The van der Waals surface area contributed by atoms with Crippen LogP contribution in [0.15, 0.2) is 30.5 Å². The van der Waals surface area contributed by atoms with Crippen LogP contribution in [0.3, 0.4) is 0 Å². The monoisotopic (exact) mass is 257 g/mol. The van der Waals surface area contributed by atoms with Crippen LogP contribution in [-0.4, -0.2) is 34.1 Å². The predicted octanol–water partition coefficient (Wildman–Crippen LogP) is 1.93. The van der Waals surface area contributed by atoms with E-state index in [1.165, 1.54) is 0 Å². The number of aromatic nitrogens is 2. The number of hydrogen-bond donors (Lipinski definition) is 1. The molecule has 1 aromatic carbocycles. The van der Waals surface area contributed by atoms with E-state index in [1.54, 1.807) is 6.20 Å². The number of carbonyl (C=O) groups is 1. The zero-order valence-electron chi connectivity index (χ0n) is 10.5. The summed E-state index contributed by atoms with van der Waals surface area (Å²) in [6.07, 6.45) is 2.91. The summed E-state index contributed by atoms with van der Waals surface area (Å²) in [5.41, 5.74) is 1.76. The SMILES string of the molecule is O=C(O)CC1CCN(c2cnc3ccccc3n2)C1. The van der Waals surface area contributed by atoms with Crippen molar-refractivity contribution < 1.29 is 9.90 Å². The van der Waals surface area contributed by atoms with E-state index in [0.29, 0.717) is 0 Å². The number of fused-ring (bicyclic) bond motifs is 1. The van der Waals surface area contributed by atoms with Gasteiger partial charge in [-0.2, -0.15) is 0 Å². The molecule has 1 aliphatic rings. The first-order valence-electron chi connectivity index (χ1n) is 6.41. The van der Waals surface area contributed by atoms with Crippen LogP contribution in [0.5, 0.6) is 0 Å². The highest BCUT2D eigenvalue weighted by Crippen LogP contribution is 2.24. The van der Waals surface area contributed by atoms with E-state index in [0.717, 1.165) is 36.4 Å². The van der Waals surface area contributed by atoms with Gasteiger partial charge in [-0.15, -0.1) is 0 Å². The van der Waals surface area contributed by atoms with Crippen LogP contribution in [0, 0.1) is 5.92 Å². The van der Waals surface area contributed by atoms with Crippen molar-refractivity contribution >= 4 is 22.8 Å². The van der Waals surface area contributed by atoms with Gasteiger partial charge in [0.05, 0.1) is 17.2 Å². The fourth-order valence-corrected chi connectivity index (χ4v) is 2.55. The average Bonchev–Trinajstić information content (AvgIpc) is 2.86. The van der Waals surface area contributed by atoms with Crippen LogP contribution in [0.2, 0.25) is 0 Å². The quantitative estimate of drug-likeness (QED) is 0.910. The van der Waals surface area contributed by atoms with E-state index in [1.807, 2.05) is 24.3 Å². The summed E-state index contributed by atoms with van der Waals surface area (Å²) >= 11 is 0. The number of anilines is 1.